The average molecular weight is 251 g/mol. The second kappa shape index (κ2) is 7.27. The van der Waals surface area contributed by atoms with E-state index in [1.807, 2.05) is 25.1 Å². The van der Waals surface area contributed by atoms with Crippen LogP contribution in [0.15, 0.2) is 18.2 Å². The Morgan fingerprint density at radius 3 is 2.44 bits per heavy atom. The van der Waals surface area contributed by atoms with Crippen LogP contribution in [0, 0.1) is 5.92 Å². The summed E-state index contributed by atoms with van der Waals surface area (Å²) in [6.45, 7) is 7.06. The van der Waals surface area contributed by atoms with Gasteiger partial charge in [-0.1, -0.05) is 26.3 Å². The van der Waals surface area contributed by atoms with Gasteiger partial charge in [0.05, 0.1) is 19.3 Å². The fourth-order valence-corrected chi connectivity index (χ4v) is 2.08. The number of nitrogens with two attached hydrogens (primary N) is 1. The van der Waals surface area contributed by atoms with Crippen molar-refractivity contribution in [2.24, 2.45) is 11.7 Å². The van der Waals surface area contributed by atoms with Gasteiger partial charge in [0.2, 0.25) is 0 Å². The third kappa shape index (κ3) is 3.91. The third-order valence-electron chi connectivity index (χ3n) is 3.01. The van der Waals surface area contributed by atoms with Crippen molar-refractivity contribution in [3.05, 3.63) is 23.8 Å². The van der Waals surface area contributed by atoms with E-state index in [1.165, 1.54) is 12.8 Å². The normalized spacial score (nSPS) is 14.1. The Morgan fingerprint density at radius 2 is 1.89 bits per heavy atom. The Hall–Kier alpha value is -1.22. The van der Waals surface area contributed by atoms with Crippen LogP contribution in [0.4, 0.5) is 0 Å². The van der Waals surface area contributed by atoms with E-state index in [0.29, 0.717) is 5.92 Å². The lowest BCUT2D eigenvalue weighted by atomic mass is 10.1. The second-order valence-corrected chi connectivity index (χ2v) is 4.87. The molecule has 2 atom stereocenters. The third-order valence-corrected chi connectivity index (χ3v) is 3.01. The van der Waals surface area contributed by atoms with Crippen molar-refractivity contribution in [3.63, 3.8) is 0 Å². The average Bonchev–Trinajstić information content (AvgIpc) is 2.35. The number of ether oxygens (including phenoxy) is 2. The fraction of sp³-hybridized carbons (Fsp3) is 0.600. The Balaban J connectivity index is 2.81. The Labute approximate surface area is 110 Å². The van der Waals surface area contributed by atoms with Crippen LogP contribution in [0.5, 0.6) is 11.5 Å². The van der Waals surface area contributed by atoms with Crippen molar-refractivity contribution >= 4 is 0 Å². The van der Waals surface area contributed by atoms with E-state index in [-0.39, 0.29) is 6.04 Å². The first-order chi connectivity index (χ1) is 8.60. The molecule has 1 aromatic carbocycles. The van der Waals surface area contributed by atoms with E-state index < -0.39 is 0 Å². The molecule has 102 valence electrons. The van der Waals surface area contributed by atoms with Gasteiger partial charge >= 0.3 is 0 Å². The van der Waals surface area contributed by atoms with Crippen LogP contribution in [0.25, 0.3) is 0 Å². The van der Waals surface area contributed by atoms with Gasteiger partial charge < -0.3 is 15.2 Å². The van der Waals surface area contributed by atoms with E-state index in [0.717, 1.165) is 23.7 Å². The molecule has 0 saturated carbocycles. The first-order valence-electron chi connectivity index (χ1n) is 6.65. The van der Waals surface area contributed by atoms with Gasteiger partial charge in [-0.3, -0.25) is 0 Å². The first kappa shape index (κ1) is 14.8. The summed E-state index contributed by atoms with van der Waals surface area (Å²) in [5.74, 6) is 2.19. The zero-order chi connectivity index (χ0) is 13.5. The lowest BCUT2D eigenvalue weighted by Crippen LogP contribution is -2.13. The monoisotopic (exact) mass is 251 g/mol. The van der Waals surface area contributed by atoms with Crippen LogP contribution < -0.4 is 15.2 Å². The highest BCUT2D eigenvalue weighted by molar-refractivity contribution is 5.46. The molecule has 0 spiro atoms. The second-order valence-electron chi connectivity index (χ2n) is 4.87. The smallest absolute Gasteiger partial charge is 0.127 e. The molecule has 3 heteroatoms. The van der Waals surface area contributed by atoms with Gasteiger partial charge in [-0.25, -0.2) is 0 Å². The predicted octanol–water partition coefficient (Wildman–Crippen LogP) is 3.53. The maximum atomic E-state index is 6.00. The van der Waals surface area contributed by atoms with Gasteiger partial charge in [-0.2, -0.15) is 0 Å². The van der Waals surface area contributed by atoms with Gasteiger partial charge in [-0.05, 0) is 31.4 Å². The summed E-state index contributed by atoms with van der Waals surface area (Å²) in [5, 5.41) is 0. The Bertz CT molecular complexity index is 364. The number of hydrogen-bond acceptors (Lipinski definition) is 3. The van der Waals surface area contributed by atoms with E-state index in [1.54, 1.807) is 7.11 Å². The summed E-state index contributed by atoms with van der Waals surface area (Å²) in [5.41, 5.74) is 6.94. The molecule has 0 aromatic heterocycles. The zero-order valence-corrected chi connectivity index (χ0v) is 11.9. The van der Waals surface area contributed by atoms with Crippen LogP contribution in [0.2, 0.25) is 0 Å². The molecule has 1 aromatic rings. The first-order valence-corrected chi connectivity index (χ1v) is 6.65. The molecule has 0 aliphatic heterocycles. The Kier molecular flexibility index (Phi) is 5.99. The van der Waals surface area contributed by atoms with Crippen LogP contribution in [-0.2, 0) is 0 Å². The minimum Gasteiger partial charge on any atom is -0.496 e. The highest BCUT2D eigenvalue weighted by atomic mass is 16.5. The fourth-order valence-electron chi connectivity index (χ4n) is 2.08. The van der Waals surface area contributed by atoms with Crippen LogP contribution in [0.1, 0.15) is 45.2 Å². The lowest BCUT2D eigenvalue weighted by molar-refractivity contribution is 0.247. The molecule has 0 amide bonds. The largest absolute Gasteiger partial charge is 0.496 e. The molecule has 0 saturated heterocycles. The summed E-state index contributed by atoms with van der Waals surface area (Å²) < 4.78 is 11.2. The predicted molar refractivity (Wildman–Crippen MR) is 75.2 cm³/mol. The lowest BCUT2D eigenvalue weighted by Gasteiger charge is -2.19. The molecule has 0 aliphatic carbocycles. The van der Waals surface area contributed by atoms with Crippen molar-refractivity contribution < 1.29 is 9.47 Å². The molecule has 18 heavy (non-hydrogen) atoms. The van der Waals surface area contributed by atoms with Gasteiger partial charge in [0.15, 0.2) is 0 Å². The van der Waals surface area contributed by atoms with Gasteiger partial charge in [0.1, 0.15) is 11.5 Å². The van der Waals surface area contributed by atoms with Gasteiger partial charge in [0, 0.05) is 6.04 Å². The molecule has 0 aliphatic rings. The molecule has 0 radical (unpaired) electrons. The maximum absolute atomic E-state index is 6.00. The number of rotatable bonds is 7. The van der Waals surface area contributed by atoms with E-state index in [4.69, 9.17) is 15.2 Å². The highest BCUT2D eigenvalue weighted by Gasteiger charge is 2.14. The quantitative estimate of drug-likeness (QED) is 0.806. The van der Waals surface area contributed by atoms with E-state index >= 15 is 0 Å². The summed E-state index contributed by atoms with van der Waals surface area (Å²) in [6, 6.07) is 5.71. The molecule has 0 bridgehead atoms. The molecule has 3 nitrogen and oxygen atoms in total. The van der Waals surface area contributed by atoms with Crippen molar-refractivity contribution in [1.82, 2.24) is 0 Å². The molecular formula is C15H25NO2. The minimum absolute atomic E-state index is 0.0994. The van der Waals surface area contributed by atoms with E-state index in [2.05, 4.69) is 13.8 Å². The van der Waals surface area contributed by atoms with Crippen molar-refractivity contribution in [2.75, 3.05) is 13.7 Å². The molecule has 0 fully saturated rings. The SMILES string of the molecule is CCCC(C)COc1cccc(OC)c1C(C)N. The Morgan fingerprint density at radius 1 is 1.22 bits per heavy atom. The molecule has 1 rings (SSSR count). The number of methoxy groups -OCH3 is 1. The summed E-state index contributed by atoms with van der Waals surface area (Å²) in [4.78, 5) is 0. The number of benzene rings is 1. The number of hydrogen-bond donors (Lipinski definition) is 1. The van der Waals surface area contributed by atoms with Crippen LogP contribution in [-0.4, -0.2) is 13.7 Å². The van der Waals surface area contributed by atoms with Crippen molar-refractivity contribution in [2.45, 2.75) is 39.7 Å². The van der Waals surface area contributed by atoms with Gasteiger partial charge in [-0.15, -0.1) is 0 Å². The summed E-state index contributed by atoms with van der Waals surface area (Å²) in [7, 11) is 1.66. The van der Waals surface area contributed by atoms with E-state index in [9.17, 15) is 0 Å². The minimum atomic E-state index is -0.0994. The summed E-state index contributed by atoms with van der Waals surface area (Å²) in [6.07, 6.45) is 2.36. The van der Waals surface area contributed by atoms with Crippen molar-refractivity contribution in [1.29, 1.82) is 0 Å². The van der Waals surface area contributed by atoms with Gasteiger partial charge in [0.25, 0.3) is 0 Å². The molecule has 0 heterocycles. The standard InChI is InChI=1S/C15H25NO2/c1-5-7-11(2)10-18-14-9-6-8-13(17-4)15(14)12(3)16/h6,8-9,11-12H,5,7,10,16H2,1-4H3. The molecule has 2 unspecified atom stereocenters. The zero-order valence-electron chi connectivity index (χ0n) is 11.9. The highest BCUT2D eigenvalue weighted by Crippen LogP contribution is 2.33. The summed E-state index contributed by atoms with van der Waals surface area (Å²) >= 11 is 0. The molecule has 2 N–H and O–H groups in total. The molecular weight excluding hydrogens is 226 g/mol. The topological polar surface area (TPSA) is 44.5 Å². The maximum Gasteiger partial charge on any atom is 0.127 e. The van der Waals surface area contributed by atoms with Crippen LogP contribution in [0.3, 0.4) is 0 Å². The van der Waals surface area contributed by atoms with Crippen LogP contribution >= 0.6 is 0 Å². The van der Waals surface area contributed by atoms with Crippen molar-refractivity contribution in [3.8, 4) is 11.5 Å².